The first-order chi connectivity index (χ1) is 15.4. The Kier molecular flexibility index (Phi) is 6.35. The van der Waals surface area contributed by atoms with Crippen LogP contribution in [-0.2, 0) is 4.79 Å². The number of carbonyl (C=O) groups excluding carboxylic acids is 2. The van der Waals surface area contributed by atoms with Crippen molar-refractivity contribution in [1.82, 2.24) is 19.8 Å². The normalized spacial score (nSPS) is 14.3. The second-order valence-electron chi connectivity index (χ2n) is 8.23. The van der Waals surface area contributed by atoms with E-state index in [0.717, 1.165) is 34.4 Å². The molecule has 2 heterocycles. The van der Waals surface area contributed by atoms with E-state index in [1.54, 1.807) is 17.0 Å². The molecule has 0 unspecified atom stereocenters. The van der Waals surface area contributed by atoms with Gasteiger partial charge < -0.3 is 14.5 Å². The number of hydrogen-bond acceptors (Lipinski definition) is 5. The summed E-state index contributed by atoms with van der Waals surface area (Å²) in [4.78, 5) is 38.4. The summed E-state index contributed by atoms with van der Waals surface area (Å²) in [6, 6.07) is 13.1. The summed E-state index contributed by atoms with van der Waals surface area (Å²) in [6.07, 6.45) is 0.730. The van der Waals surface area contributed by atoms with E-state index in [4.69, 9.17) is 4.74 Å². The topological polar surface area (TPSA) is 75.6 Å². The van der Waals surface area contributed by atoms with Crippen LogP contribution in [0.2, 0.25) is 0 Å². The number of aromatic nitrogens is 2. The highest BCUT2D eigenvalue weighted by atomic mass is 16.5. The first-order valence-electron chi connectivity index (χ1n) is 10.9. The van der Waals surface area contributed by atoms with E-state index in [2.05, 4.69) is 9.97 Å². The van der Waals surface area contributed by atoms with Gasteiger partial charge in [-0.2, -0.15) is 0 Å². The molecule has 0 atom stereocenters. The SMILES string of the molecule is Cc1ccc(OCC(=O)N2CCCN(C(=O)c3ccc4nc(C)c(C)nc4c3)CC2)cc1. The van der Waals surface area contributed by atoms with Crippen LogP contribution in [0.3, 0.4) is 0 Å². The Morgan fingerprint density at radius 1 is 0.844 bits per heavy atom. The number of ether oxygens (including phenoxy) is 1. The van der Waals surface area contributed by atoms with Gasteiger partial charge in [-0.1, -0.05) is 17.7 Å². The molecule has 166 valence electrons. The molecule has 1 saturated heterocycles. The Balaban J connectivity index is 1.37. The van der Waals surface area contributed by atoms with Crippen molar-refractivity contribution >= 4 is 22.8 Å². The number of carbonyl (C=O) groups is 2. The van der Waals surface area contributed by atoms with Crippen LogP contribution >= 0.6 is 0 Å². The lowest BCUT2D eigenvalue weighted by Gasteiger charge is -2.22. The van der Waals surface area contributed by atoms with Crippen LogP contribution in [0.1, 0.15) is 33.7 Å². The molecule has 7 heteroatoms. The second-order valence-corrected chi connectivity index (χ2v) is 8.23. The van der Waals surface area contributed by atoms with Gasteiger partial charge in [0.1, 0.15) is 5.75 Å². The van der Waals surface area contributed by atoms with Crippen LogP contribution in [0.15, 0.2) is 42.5 Å². The van der Waals surface area contributed by atoms with Gasteiger partial charge in [0, 0.05) is 31.7 Å². The standard InChI is InChI=1S/C25H28N4O3/c1-17-5-8-21(9-6-17)32-16-24(30)28-11-4-12-29(14-13-28)25(31)20-7-10-22-23(15-20)27-19(3)18(2)26-22/h5-10,15H,4,11-14,16H2,1-3H3. The highest BCUT2D eigenvalue weighted by molar-refractivity contribution is 5.97. The molecule has 2 amide bonds. The summed E-state index contributed by atoms with van der Waals surface area (Å²) in [5, 5.41) is 0. The molecule has 3 aromatic rings. The molecule has 0 radical (unpaired) electrons. The van der Waals surface area contributed by atoms with Gasteiger partial charge in [0.2, 0.25) is 0 Å². The molecule has 0 N–H and O–H groups in total. The van der Waals surface area contributed by atoms with Crippen LogP contribution in [0.5, 0.6) is 5.75 Å². The average molecular weight is 433 g/mol. The molecule has 32 heavy (non-hydrogen) atoms. The van der Waals surface area contributed by atoms with E-state index in [0.29, 0.717) is 37.5 Å². The fourth-order valence-corrected chi connectivity index (χ4v) is 3.79. The Bertz CT molecular complexity index is 1140. The van der Waals surface area contributed by atoms with Crippen molar-refractivity contribution in [2.75, 3.05) is 32.8 Å². The maximum absolute atomic E-state index is 13.1. The predicted molar refractivity (Wildman–Crippen MR) is 123 cm³/mol. The molecule has 1 aromatic heterocycles. The molecule has 1 fully saturated rings. The van der Waals surface area contributed by atoms with E-state index in [1.165, 1.54) is 0 Å². The molecule has 0 bridgehead atoms. The fourth-order valence-electron chi connectivity index (χ4n) is 3.79. The van der Waals surface area contributed by atoms with Gasteiger partial charge in [0.15, 0.2) is 6.61 Å². The Labute approximate surface area is 188 Å². The van der Waals surface area contributed by atoms with Crippen molar-refractivity contribution in [2.45, 2.75) is 27.2 Å². The van der Waals surface area contributed by atoms with Crippen molar-refractivity contribution in [1.29, 1.82) is 0 Å². The zero-order valence-corrected chi connectivity index (χ0v) is 18.8. The van der Waals surface area contributed by atoms with Crippen LogP contribution in [0.4, 0.5) is 0 Å². The minimum absolute atomic E-state index is 0.000874. The van der Waals surface area contributed by atoms with E-state index >= 15 is 0 Å². The Hall–Kier alpha value is -3.48. The average Bonchev–Trinajstić information content (AvgIpc) is 3.05. The molecule has 0 spiro atoms. The number of fused-ring (bicyclic) bond motifs is 1. The number of benzene rings is 2. The minimum Gasteiger partial charge on any atom is -0.484 e. The number of amides is 2. The third kappa shape index (κ3) is 4.88. The zero-order chi connectivity index (χ0) is 22.7. The lowest BCUT2D eigenvalue weighted by Crippen LogP contribution is -2.39. The maximum atomic E-state index is 13.1. The van der Waals surface area contributed by atoms with Gasteiger partial charge in [-0.05, 0) is 57.5 Å². The van der Waals surface area contributed by atoms with Gasteiger partial charge in [0.05, 0.1) is 22.4 Å². The molecule has 0 aliphatic carbocycles. The number of nitrogens with zero attached hydrogens (tertiary/aromatic N) is 4. The number of aryl methyl sites for hydroxylation is 3. The predicted octanol–water partition coefficient (Wildman–Crippen LogP) is 3.31. The molecular formula is C25H28N4O3. The van der Waals surface area contributed by atoms with Gasteiger partial charge in [0.25, 0.3) is 11.8 Å². The first kappa shape index (κ1) is 21.7. The largest absolute Gasteiger partial charge is 0.484 e. The molecule has 7 nitrogen and oxygen atoms in total. The second kappa shape index (κ2) is 9.34. The first-order valence-corrected chi connectivity index (χ1v) is 10.9. The molecular weight excluding hydrogens is 404 g/mol. The van der Waals surface area contributed by atoms with Crippen molar-refractivity contribution in [3.8, 4) is 5.75 Å². The van der Waals surface area contributed by atoms with E-state index in [-0.39, 0.29) is 18.4 Å². The van der Waals surface area contributed by atoms with Crippen LogP contribution < -0.4 is 4.74 Å². The molecule has 1 aliphatic heterocycles. The van der Waals surface area contributed by atoms with Gasteiger partial charge in [-0.25, -0.2) is 9.97 Å². The summed E-state index contributed by atoms with van der Waals surface area (Å²) in [7, 11) is 0. The van der Waals surface area contributed by atoms with Crippen LogP contribution in [0.25, 0.3) is 11.0 Å². The third-order valence-corrected chi connectivity index (χ3v) is 5.84. The van der Waals surface area contributed by atoms with Crippen molar-refractivity contribution in [3.63, 3.8) is 0 Å². The third-order valence-electron chi connectivity index (χ3n) is 5.84. The van der Waals surface area contributed by atoms with E-state index in [1.807, 2.05) is 56.0 Å². The molecule has 1 aliphatic rings. The molecule has 0 saturated carbocycles. The number of hydrogen-bond donors (Lipinski definition) is 0. The lowest BCUT2D eigenvalue weighted by atomic mass is 10.1. The van der Waals surface area contributed by atoms with Crippen molar-refractivity contribution < 1.29 is 14.3 Å². The van der Waals surface area contributed by atoms with Crippen LogP contribution in [-0.4, -0.2) is 64.4 Å². The maximum Gasteiger partial charge on any atom is 0.260 e. The van der Waals surface area contributed by atoms with Crippen LogP contribution in [0, 0.1) is 20.8 Å². The van der Waals surface area contributed by atoms with Gasteiger partial charge >= 0.3 is 0 Å². The number of rotatable bonds is 4. The van der Waals surface area contributed by atoms with E-state index < -0.39 is 0 Å². The van der Waals surface area contributed by atoms with E-state index in [9.17, 15) is 9.59 Å². The highest BCUT2D eigenvalue weighted by Gasteiger charge is 2.23. The Morgan fingerprint density at radius 2 is 1.50 bits per heavy atom. The fraction of sp³-hybridized carbons (Fsp3) is 0.360. The Morgan fingerprint density at radius 3 is 2.25 bits per heavy atom. The van der Waals surface area contributed by atoms with Crippen molar-refractivity contribution in [2.24, 2.45) is 0 Å². The molecule has 2 aromatic carbocycles. The summed E-state index contributed by atoms with van der Waals surface area (Å²) < 4.78 is 5.63. The summed E-state index contributed by atoms with van der Waals surface area (Å²) in [5.74, 6) is 0.573. The molecule has 4 rings (SSSR count). The van der Waals surface area contributed by atoms with Gasteiger partial charge in [-0.3, -0.25) is 9.59 Å². The zero-order valence-electron chi connectivity index (χ0n) is 18.8. The quantitative estimate of drug-likeness (QED) is 0.632. The summed E-state index contributed by atoms with van der Waals surface area (Å²) in [5.41, 5.74) is 4.99. The highest BCUT2D eigenvalue weighted by Crippen LogP contribution is 2.17. The van der Waals surface area contributed by atoms with Gasteiger partial charge in [-0.15, -0.1) is 0 Å². The summed E-state index contributed by atoms with van der Waals surface area (Å²) >= 11 is 0. The lowest BCUT2D eigenvalue weighted by molar-refractivity contribution is -0.133. The van der Waals surface area contributed by atoms with Crippen molar-refractivity contribution in [3.05, 3.63) is 65.0 Å². The summed E-state index contributed by atoms with van der Waals surface area (Å²) in [6.45, 7) is 8.06. The monoisotopic (exact) mass is 432 g/mol. The smallest absolute Gasteiger partial charge is 0.260 e. The minimum atomic E-state index is -0.0632.